The molecule has 0 aromatic heterocycles. The first-order valence-electron chi connectivity index (χ1n) is 6.31. The molecule has 1 fully saturated rings. The first-order chi connectivity index (χ1) is 8.16. The number of thioether (sulfide) groups is 1. The van der Waals surface area contributed by atoms with Gasteiger partial charge >= 0.3 is 0 Å². The van der Waals surface area contributed by atoms with Gasteiger partial charge in [-0.05, 0) is 43.5 Å². The van der Waals surface area contributed by atoms with Crippen LogP contribution < -0.4 is 0 Å². The van der Waals surface area contributed by atoms with E-state index in [1.807, 2.05) is 0 Å². The van der Waals surface area contributed by atoms with E-state index in [1.54, 1.807) is 24.8 Å². The summed E-state index contributed by atoms with van der Waals surface area (Å²) in [4.78, 5) is 1.04. The van der Waals surface area contributed by atoms with Crippen LogP contribution in [0.25, 0.3) is 0 Å². The minimum absolute atomic E-state index is 0.270. The SMILES string of the molecule is C[C@H](O)c1cc(F)ccc1SC1CCCCC1. The molecule has 1 N–H and O–H groups in total. The van der Waals surface area contributed by atoms with Gasteiger partial charge in [0.05, 0.1) is 6.10 Å². The van der Waals surface area contributed by atoms with Crippen LogP contribution in [-0.4, -0.2) is 10.4 Å². The van der Waals surface area contributed by atoms with Crippen LogP contribution >= 0.6 is 11.8 Å². The number of benzene rings is 1. The summed E-state index contributed by atoms with van der Waals surface area (Å²) in [5.41, 5.74) is 0.723. The van der Waals surface area contributed by atoms with Gasteiger partial charge in [0.2, 0.25) is 0 Å². The summed E-state index contributed by atoms with van der Waals surface area (Å²) >= 11 is 1.80. The van der Waals surface area contributed by atoms with Crippen LogP contribution in [0.2, 0.25) is 0 Å². The summed E-state index contributed by atoms with van der Waals surface area (Å²) in [6.07, 6.45) is 5.80. The van der Waals surface area contributed by atoms with Crippen LogP contribution in [0.3, 0.4) is 0 Å². The maximum atomic E-state index is 13.2. The van der Waals surface area contributed by atoms with E-state index in [-0.39, 0.29) is 5.82 Å². The average molecular weight is 254 g/mol. The number of hydrogen-bond acceptors (Lipinski definition) is 2. The fourth-order valence-corrected chi connectivity index (χ4v) is 3.76. The standard InChI is InChI=1S/C14H19FOS/c1-10(16)13-9-11(15)7-8-14(13)17-12-5-3-2-4-6-12/h7-10,12,16H,2-6H2,1H3/t10-/m0/s1. The van der Waals surface area contributed by atoms with Crippen LogP contribution in [0, 0.1) is 5.82 Å². The summed E-state index contributed by atoms with van der Waals surface area (Å²) in [7, 11) is 0. The second-order valence-corrected chi connectivity index (χ2v) is 6.08. The Morgan fingerprint density at radius 2 is 2.00 bits per heavy atom. The predicted molar refractivity (Wildman–Crippen MR) is 69.8 cm³/mol. The molecule has 2 rings (SSSR count). The normalized spacial score (nSPS) is 19.2. The molecule has 0 heterocycles. The Morgan fingerprint density at radius 3 is 2.65 bits per heavy atom. The number of rotatable bonds is 3. The average Bonchev–Trinajstić information content (AvgIpc) is 2.32. The van der Waals surface area contributed by atoms with Crippen molar-refractivity contribution in [3.63, 3.8) is 0 Å². The Hall–Kier alpha value is -0.540. The molecule has 1 nitrogen and oxygen atoms in total. The molecule has 0 spiro atoms. The third kappa shape index (κ3) is 3.46. The highest BCUT2D eigenvalue weighted by Crippen LogP contribution is 2.37. The highest BCUT2D eigenvalue weighted by molar-refractivity contribution is 8.00. The molecule has 0 radical (unpaired) electrons. The van der Waals surface area contributed by atoms with Gasteiger partial charge in [0.15, 0.2) is 0 Å². The van der Waals surface area contributed by atoms with E-state index in [1.165, 1.54) is 44.2 Å². The summed E-state index contributed by atoms with van der Waals surface area (Å²) in [5, 5.41) is 10.3. The van der Waals surface area contributed by atoms with Gasteiger partial charge in [-0.3, -0.25) is 0 Å². The minimum Gasteiger partial charge on any atom is -0.389 e. The van der Waals surface area contributed by atoms with Crippen LogP contribution in [0.4, 0.5) is 4.39 Å². The lowest BCUT2D eigenvalue weighted by atomic mass is 10.0. The Kier molecular flexibility index (Phi) is 4.46. The summed E-state index contributed by atoms with van der Waals surface area (Å²) in [5.74, 6) is -0.270. The zero-order valence-electron chi connectivity index (χ0n) is 10.2. The van der Waals surface area contributed by atoms with Crippen LogP contribution in [0.1, 0.15) is 50.7 Å². The Balaban J connectivity index is 2.13. The number of halogens is 1. The molecule has 0 amide bonds. The van der Waals surface area contributed by atoms with E-state index in [4.69, 9.17) is 0 Å². The first-order valence-corrected chi connectivity index (χ1v) is 7.19. The van der Waals surface area contributed by atoms with Crippen LogP contribution in [0.5, 0.6) is 0 Å². The molecule has 1 aromatic carbocycles. The number of aliphatic hydroxyl groups is 1. The molecule has 0 aliphatic heterocycles. The Morgan fingerprint density at radius 1 is 1.29 bits per heavy atom. The summed E-state index contributed by atoms with van der Waals surface area (Å²) in [6.45, 7) is 1.69. The maximum absolute atomic E-state index is 13.2. The van der Waals surface area contributed by atoms with E-state index < -0.39 is 6.10 Å². The molecular formula is C14H19FOS. The molecule has 0 saturated heterocycles. The first kappa shape index (κ1) is 12.9. The monoisotopic (exact) mass is 254 g/mol. The van der Waals surface area contributed by atoms with Gasteiger partial charge in [-0.25, -0.2) is 4.39 Å². The molecule has 0 bridgehead atoms. The van der Waals surface area contributed by atoms with Gasteiger partial charge < -0.3 is 5.11 Å². The molecule has 1 atom stereocenters. The van der Waals surface area contributed by atoms with Crippen molar-refractivity contribution < 1.29 is 9.50 Å². The minimum atomic E-state index is -0.600. The van der Waals surface area contributed by atoms with E-state index in [2.05, 4.69) is 0 Å². The molecule has 3 heteroatoms. The van der Waals surface area contributed by atoms with E-state index in [0.717, 1.165) is 10.5 Å². The van der Waals surface area contributed by atoms with Crippen molar-refractivity contribution in [3.8, 4) is 0 Å². The van der Waals surface area contributed by atoms with Crippen molar-refractivity contribution in [2.24, 2.45) is 0 Å². The second kappa shape index (κ2) is 5.87. The molecule has 1 aliphatic rings. The highest BCUT2D eigenvalue weighted by atomic mass is 32.2. The molecule has 94 valence electrons. The summed E-state index contributed by atoms with van der Waals surface area (Å²) < 4.78 is 13.2. The topological polar surface area (TPSA) is 20.2 Å². The fraction of sp³-hybridized carbons (Fsp3) is 0.571. The molecule has 1 aromatic rings. The van der Waals surface area contributed by atoms with Crippen molar-refractivity contribution in [1.82, 2.24) is 0 Å². The zero-order chi connectivity index (χ0) is 12.3. The molecular weight excluding hydrogens is 235 g/mol. The quantitative estimate of drug-likeness (QED) is 0.867. The number of hydrogen-bond donors (Lipinski definition) is 1. The van der Waals surface area contributed by atoms with Crippen LogP contribution in [0.15, 0.2) is 23.1 Å². The van der Waals surface area contributed by atoms with Crippen molar-refractivity contribution in [3.05, 3.63) is 29.6 Å². The van der Waals surface area contributed by atoms with Gasteiger partial charge in [-0.1, -0.05) is 19.3 Å². The van der Waals surface area contributed by atoms with Gasteiger partial charge in [0, 0.05) is 10.1 Å². The number of aliphatic hydroxyl groups excluding tert-OH is 1. The maximum Gasteiger partial charge on any atom is 0.123 e. The van der Waals surface area contributed by atoms with Crippen molar-refractivity contribution in [2.75, 3.05) is 0 Å². The van der Waals surface area contributed by atoms with Crippen molar-refractivity contribution in [1.29, 1.82) is 0 Å². The van der Waals surface area contributed by atoms with Crippen molar-refractivity contribution >= 4 is 11.8 Å². The van der Waals surface area contributed by atoms with E-state index in [0.29, 0.717) is 5.25 Å². The largest absolute Gasteiger partial charge is 0.389 e. The Bertz CT molecular complexity index is 372. The summed E-state index contributed by atoms with van der Waals surface area (Å²) in [6, 6.07) is 4.74. The smallest absolute Gasteiger partial charge is 0.123 e. The van der Waals surface area contributed by atoms with Crippen LogP contribution in [-0.2, 0) is 0 Å². The third-order valence-electron chi connectivity index (χ3n) is 3.27. The van der Waals surface area contributed by atoms with Gasteiger partial charge in [-0.2, -0.15) is 0 Å². The van der Waals surface area contributed by atoms with Gasteiger partial charge in [0.1, 0.15) is 5.82 Å². The zero-order valence-corrected chi connectivity index (χ0v) is 11.0. The molecule has 0 unspecified atom stereocenters. The van der Waals surface area contributed by atoms with E-state index in [9.17, 15) is 9.50 Å². The predicted octanol–water partition coefficient (Wildman–Crippen LogP) is 4.30. The fourth-order valence-electron chi connectivity index (χ4n) is 2.32. The van der Waals surface area contributed by atoms with E-state index >= 15 is 0 Å². The second-order valence-electron chi connectivity index (χ2n) is 4.74. The lowest BCUT2D eigenvalue weighted by molar-refractivity contribution is 0.196. The third-order valence-corrected chi connectivity index (χ3v) is 4.70. The lowest BCUT2D eigenvalue weighted by Crippen LogP contribution is -2.08. The highest BCUT2D eigenvalue weighted by Gasteiger charge is 2.17. The van der Waals surface area contributed by atoms with Crippen molar-refractivity contribution in [2.45, 2.75) is 55.3 Å². The van der Waals surface area contributed by atoms with Gasteiger partial charge in [0.25, 0.3) is 0 Å². The molecule has 17 heavy (non-hydrogen) atoms. The Labute approximate surface area is 106 Å². The lowest BCUT2D eigenvalue weighted by Gasteiger charge is -2.22. The molecule has 1 aliphatic carbocycles. The molecule has 1 saturated carbocycles. The van der Waals surface area contributed by atoms with Gasteiger partial charge in [-0.15, -0.1) is 11.8 Å².